The van der Waals surface area contributed by atoms with Gasteiger partial charge in [-0.25, -0.2) is 17.9 Å². The van der Waals surface area contributed by atoms with E-state index >= 15 is 0 Å². The molecule has 0 amide bonds. The van der Waals surface area contributed by atoms with Crippen molar-refractivity contribution in [3.8, 4) is 5.75 Å². The van der Waals surface area contributed by atoms with E-state index in [9.17, 15) is 13.2 Å². The van der Waals surface area contributed by atoms with E-state index in [0.717, 1.165) is 0 Å². The number of methoxy groups -OCH3 is 1. The molecule has 1 aromatic rings. The van der Waals surface area contributed by atoms with Crippen molar-refractivity contribution in [2.75, 3.05) is 19.9 Å². The van der Waals surface area contributed by atoms with Crippen molar-refractivity contribution in [2.24, 2.45) is 0 Å². The highest BCUT2D eigenvalue weighted by Gasteiger charge is 2.20. The third-order valence-corrected chi connectivity index (χ3v) is 5.49. The minimum absolute atomic E-state index is 0.0142. The second kappa shape index (κ2) is 7.67. The summed E-state index contributed by atoms with van der Waals surface area (Å²) in [5.41, 5.74) is -0.0261. The first-order chi connectivity index (χ1) is 9.81. The van der Waals surface area contributed by atoms with Gasteiger partial charge in [-0.3, -0.25) is 0 Å². The first-order valence-corrected chi connectivity index (χ1v) is 9.02. The Labute approximate surface area is 128 Å². The molecule has 0 spiro atoms. The third-order valence-electron chi connectivity index (χ3n) is 2.95. The molecule has 1 rings (SSSR count). The fourth-order valence-corrected chi connectivity index (χ4v) is 3.16. The molecule has 2 N–H and O–H groups in total. The van der Waals surface area contributed by atoms with Gasteiger partial charge in [-0.2, -0.15) is 11.8 Å². The van der Waals surface area contributed by atoms with E-state index in [4.69, 9.17) is 9.84 Å². The van der Waals surface area contributed by atoms with Gasteiger partial charge in [0.25, 0.3) is 0 Å². The zero-order chi connectivity index (χ0) is 16.0. The average molecular weight is 333 g/mol. The van der Waals surface area contributed by atoms with E-state index in [-0.39, 0.29) is 16.2 Å². The largest absolute Gasteiger partial charge is 0.495 e. The molecular weight excluding hydrogens is 314 g/mol. The van der Waals surface area contributed by atoms with Gasteiger partial charge in [-0.05, 0) is 30.9 Å². The summed E-state index contributed by atoms with van der Waals surface area (Å²) in [6.07, 6.45) is 2.67. The highest BCUT2D eigenvalue weighted by molar-refractivity contribution is 7.99. The Morgan fingerprint density at radius 1 is 1.48 bits per heavy atom. The van der Waals surface area contributed by atoms with Crippen LogP contribution >= 0.6 is 11.8 Å². The highest BCUT2D eigenvalue weighted by Crippen LogP contribution is 2.25. The summed E-state index contributed by atoms with van der Waals surface area (Å²) in [6, 6.07) is 3.67. The summed E-state index contributed by atoms with van der Waals surface area (Å²) in [5, 5.41) is 9.26. The molecule has 1 atom stereocenters. The number of aromatic carboxylic acids is 1. The molecular formula is C13H19NO5S2. The van der Waals surface area contributed by atoms with Gasteiger partial charge in [-0.1, -0.05) is 6.92 Å². The molecule has 0 aliphatic carbocycles. The lowest BCUT2D eigenvalue weighted by atomic mass is 10.2. The minimum atomic E-state index is -3.73. The van der Waals surface area contributed by atoms with E-state index in [2.05, 4.69) is 4.72 Å². The second-order valence-corrected chi connectivity index (χ2v) is 7.42. The highest BCUT2D eigenvalue weighted by atomic mass is 32.2. The Morgan fingerprint density at radius 2 is 2.14 bits per heavy atom. The molecule has 0 aliphatic heterocycles. The minimum Gasteiger partial charge on any atom is -0.495 e. The van der Waals surface area contributed by atoms with E-state index in [1.807, 2.05) is 13.2 Å². The van der Waals surface area contributed by atoms with E-state index < -0.39 is 16.0 Å². The van der Waals surface area contributed by atoms with Crippen molar-refractivity contribution in [1.82, 2.24) is 4.72 Å². The molecule has 1 aromatic carbocycles. The summed E-state index contributed by atoms with van der Waals surface area (Å²) in [4.78, 5) is 10.8. The predicted octanol–water partition coefficient (Wildman–Crippen LogP) is 1.81. The predicted molar refractivity (Wildman–Crippen MR) is 82.7 cm³/mol. The van der Waals surface area contributed by atoms with Crippen LogP contribution in [0.2, 0.25) is 0 Å². The Kier molecular flexibility index (Phi) is 6.50. The molecule has 0 heterocycles. The summed E-state index contributed by atoms with van der Waals surface area (Å²) >= 11 is 1.66. The van der Waals surface area contributed by atoms with Gasteiger partial charge in [-0.15, -0.1) is 0 Å². The van der Waals surface area contributed by atoms with Crippen molar-refractivity contribution in [3.05, 3.63) is 23.8 Å². The molecule has 118 valence electrons. The molecule has 0 saturated carbocycles. The van der Waals surface area contributed by atoms with Crippen LogP contribution in [0.1, 0.15) is 23.7 Å². The number of ether oxygens (including phenoxy) is 1. The number of hydrogen-bond donors (Lipinski definition) is 2. The van der Waals surface area contributed by atoms with Crippen LogP contribution in [-0.2, 0) is 10.0 Å². The maximum absolute atomic E-state index is 12.2. The topological polar surface area (TPSA) is 92.7 Å². The Balaban J connectivity index is 2.95. The van der Waals surface area contributed by atoms with Gasteiger partial charge >= 0.3 is 5.97 Å². The molecule has 0 aromatic heterocycles. The van der Waals surface area contributed by atoms with Crippen LogP contribution in [0.5, 0.6) is 5.75 Å². The third kappa shape index (κ3) is 4.90. The van der Waals surface area contributed by atoms with Crippen LogP contribution in [0, 0.1) is 0 Å². The SMILES string of the molecule is COc1cc(C(=O)O)ccc1S(=O)(=O)NCCC(C)SC. The van der Waals surface area contributed by atoms with Crippen LogP contribution in [0.4, 0.5) is 0 Å². The van der Waals surface area contributed by atoms with E-state index in [1.165, 1.54) is 25.3 Å². The van der Waals surface area contributed by atoms with Crippen LogP contribution < -0.4 is 9.46 Å². The number of carbonyl (C=O) groups is 1. The standard InChI is InChI=1S/C13H19NO5S2/c1-9(20-3)6-7-14-21(17,18)12-5-4-10(13(15)16)8-11(12)19-2/h4-5,8-9,14H,6-7H2,1-3H3,(H,15,16). The average Bonchev–Trinajstić information content (AvgIpc) is 2.45. The quantitative estimate of drug-likeness (QED) is 0.754. The molecule has 21 heavy (non-hydrogen) atoms. The van der Waals surface area contributed by atoms with Gasteiger partial charge in [0.15, 0.2) is 0 Å². The zero-order valence-corrected chi connectivity index (χ0v) is 13.8. The number of sulfonamides is 1. The number of carboxylic acid groups (broad SMARTS) is 1. The first-order valence-electron chi connectivity index (χ1n) is 6.25. The fraction of sp³-hybridized carbons (Fsp3) is 0.462. The van der Waals surface area contributed by atoms with E-state index in [0.29, 0.717) is 18.2 Å². The Hall–Kier alpha value is -1.25. The number of thioether (sulfide) groups is 1. The number of hydrogen-bond acceptors (Lipinski definition) is 5. The van der Waals surface area contributed by atoms with Gasteiger partial charge in [0.2, 0.25) is 10.0 Å². The smallest absolute Gasteiger partial charge is 0.335 e. The fourth-order valence-electron chi connectivity index (χ4n) is 1.61. The zero-order valence-electron chi connectivity index (χ0n) is 12.1. The molecule has 0 radical (unpaired) electrons. The lowest BCUT2D eigenvalue weighted by molar-refractivity contribution is 0.0696. The Bertz CT molecular complexity index is 601. The van der Waals surface area contributed by atoms with Crippen LogP contribution in [-0.4, -0.2) is 44.7 Å². The number of nitrogens with one attached hydrogen (secondary N) is 1. The van der Waals surface area contributed by atoms with Crippen molar-refractivity contribution in [3.63, 3.8) is 0 Å². The normalized spacial score (nSPS) is 12.9. The number of rotatable bonds is 8. The maximum atomic E-state index is 12.2. The summed E-state index contributed by atoms with van der Waals surface area (Å²) in [5.74, 6) is -1.13. The lowest BCUT2D eigenvalue weighted by Crippen LogP contribution is -2.26. The van der Waals surface area contributed by atoms with Crippen LogP contribution in [0.25, 0.3) is 0 Å². The molecule has 8 heteroatoms. The molecule has 6 nitrogen and oxygen atoms in total. The molecule has 0 bridgehead atoms. The summed E-state index contributed by atoms with van der Waals surface area (Å²) < 4.78 is 31.9. The van der Waals surface area contributed by atoms with Gasteiger partial charge in [0.05, 0.1) is 12.7 Å². The van der Waals surface area contributed by atoms with Crippen LogP contribution in [0.3, 0.4) is 0 Å². The molecule has 1 unspecified atom stereocenters. The lowest BCUT2D eigenvalue weighted by Gasteiger charge is -2.12. The maximum Gasteiger partial charge on any atom is 0.335 e. The van der Waals surface area contributed by atoms with Gasteiger partial charge < -0.3 is 9.84 Å². The monoisotopic (exact) mass is 333 g/mol. The second-order valence-electron chi connectivity index (χ2n) is 4.40. The summed E-state index contributed by atoms with van der Waals surface area (Å²) in [7, 11) is -2.43. The first kappa shape index (κ1) is 17.8. The van der Waals surface area contributed by atoms with Crippen molar-refractivity contribution in [1.29, 1.82) is 0 Å². The van der Waals surface area contributed by atoms with Crippen molar-refractivity contribution >= 4 is 27.8 Å². The molecule has 0 fully saturated rings. The van der Waals surface area contributed by atoms with Crippen molar-refractivity contribution < 1.29 is 23.1 Å². The summed E-state index contributed by atoms with van der Waals surface area (Å²) in [6.45, 7) is 2.33. The molecule has 0 aliphatic rings. The van der Waals surface area contributed by atoms with Gasteiger partial charge in [0, 0.05) is 11.8 Å². The number of benzene rings is 1. The van der Waals surface area contributed by atoms with E-state index in [1.54, 1.807) is 11.8 Å². The molecule has 0 saturated heterocycles. The van der Waals surface area contributed by atoms with Gasteiger partial charge in [0.1, 0.15) is 10.6 Å². The Morgan fingerprint density at radius 3 is 2.67 bits per heavy atom. The number of carboxylic acids is 1. The van der Waals surface area contributed by atoms with Crippen LogP contribution in [0.15, 0.2) is 23.1 Å². The van der Waals surface area contributed by atoms with Crippen molar-refractivity contribution in [2.45, 2.75) is 23.5 Å².